The molecule has 0 spiro atoms. The molecule has 1 aromatic heterocycles. The number of pyridine rings is 1. The fourth-order valence-electron chi connectivity index (χ4n) is 7.84. The first-order valence-corrected chi connectivity index (χ1v) is 19.6. The normalized spacial score (nSPS) is 11.5. The number of benzene rings is 7. The van der Waals surface area contributed by atoms with Crippen LogP contribution < -0.4 is 31.2 Å². The Bertz CT molecular complexity index is 3140. The number of carbonyl (C=O) groups excluding carboxylic acids is 1. The monoisotopic (exact) mass is 1040 g/mol. The Morgan fingerprint density at radius 3 is 1.07 bits per heavy atom. The molecule has 0 saturated heterocycles. The lowest BCUT2D eigenvalue weighted by Crippen LogP contribution is -2.81. The second-order valence-corrected chi connectivity index (χ2v) is 15.0. The highest BCUT2D eigenvalue weighted by atomic mass is 19.2. The Hall–Kier alpha value is -7.99. The van der Waals surface area contributed by atoms with Gasteiger partial charge in [-0.05, 0) is 23.6 Å². The van der Waals surface area contributed by atoms with Crippen molar-refractivity contribution in [1.29, 1.82) is 0 Å². The van der Waals surface area contributed by atoms with Gasteiger partial charge in [0.05, 0.1) is 5.39 Å². The van der Waals surface area contributed by atoms with E-state index in [0.29, 0.717) is 11.4 Å². The van der Waals surface area contributed by atoms with E-state index in [-0.39, 0.29) is 18.1 Å². The summed E-state index contributed by atoms with van der Waals surface area (Å²) in [6.45, 7) is 0.0959. The number of aromatic nitrogens is 1. The molecule has 3 nitrogen and oxygen atoms in total. The van der Waals surface area contributed by atoms with Crippen molar-refractivity contribution in [3.8, 4) is 11.6 Å². The summed E-state index contributed by atoms with van der Waals surface area (Å²) in [5.74, 6) is -71.4. The van der Waals surface area contributed by atoms with Crippen molar-refractivity contribution in [1.82, 2.24) is 0 Å². The Morgan fingerprint density at radius 2 is 0.694 bits per heavy atom. The first-order valence-electron chi connectivity index (χ1n) is 19.6. The standard InChI is InChI=1S/C24BF20.C23H17FNO2/c26-5-1(6(27)14(35)21(42)13(5)34)25(2-7(28)15(36)22(43)16(37)8(2)29,3-9(30)17(38)23(44)18(39)10(3)31)4-11(32)19(40)24(45)20(41)12(4)33;24-20-12-6-7-13-22(20)27-23-19-11-5-4-8-17(19)14-15-25(23)16-21(26)18-9-2-1-3-10-18/h;1-15H,16H2/q-1;+1. The molecule has 1 heterocycles. The molecule has 0 aliphatic heterocycles. The van der Waals surface area contributed by atoms with Crippen LogP contribution in [-0.2, 0) is 6.54 Å². The van der Waals surface area contributed by atoms with E-state index in [1.54, 1.807) is 41.1 Å². The third-order valence-electron chi connectivity index (χ3n) is 11.0. The summed E-state index contributed by atoms with van der Waals surface area (Å²) >= 11 is 0. The van der Waals surface area contributed by atoms with Crippen LogP contribution in [0.5, 0.6) is 11.6 Å². The molecule has 7 aromatic carbocycles. The van der Waals surface area contributed by atoms with Gasteiger partial charge in [-0.25, -0.2) is 92.2 Å². The molecule has 72 heavy (non-hydrogen) atoms. The van der Waals surface area contributed by atoms with Crippen LogP contribution in [-0.4, -0.2) is 11.9 Å². The second-order valence-electron chi connectivity index (χ2n) is 15.0. The van der Waals surface area contributed by atoms with Crippen molar-refractivity contribution in [3.63, 3.8) is 0 Å². The Kier molecular flexibility index (Phi) is 14.2. The molecule has 0 unspecified atom stereocenters. The summed E-state index contributed by atoms with van der Waals surface area (Å²) in [5.41, 5.74) is -13.7. The van der Waals surface area contributed by atoms with Crippen LogP contribution in [0, 0.1) is 122 Å². The summed E-state index contributed by atoms with van der Waals surface area (Å²) in [5, 5.41) is 1.76. The lowest BCUT2D eigenvalue weighted by atomic mass is 9.12. The van der Waals surface area contributed by atoms with Crippen LogP contribution in [0.15, 0.2) is 91.1 Å². The maximum atomic E-state index is 15.4. The summed E-state index contributed by atoms with van der Waals surface area (Å²) in [6, 6.07) is 24.9. The molecule has 25 heteroatoms. The number of carbonyl (C=O) groups is 1. The van der Waals surface area contributed by atoms with Gasteiger partial charge in [0.1, 0.15) is 52.7 Å². The van der Waals surface area contributed by atoms with Gasteiger partial charge in [0.15, 0.2) is 87.6 Å². The molecule has 0 radical (unpaired) electrons. The van der Waals surface area contributed by atoms with Crippen molar-refractivity contribution >= 4 is 44.6 Å². The number of Topliss-reactive ketones (excluding diaryl/α,β-unsaturated/α-hetero) is 1. The predicted molar refractivity (Wildman–Crippen MR) is 211 cm³/mol. The molecule has 0 amide bonds. The van der Waals surface area contributed by atoms with Gasteiger partial charge in [0.25, 0.3) is 0 Å². The van der Waals surface area contributed by atoms with Gasteiger partial charge in [-0.2, -0.15) is 4.57 Å². The molecule has 0 saturated carbocycles. The van der Waals surface area contributed by atoms with Crippen LogP contribution in [0.4, 0.5) is 92.2 Å². The fourth-order valence-corrected chi connectivity index (χ4v) is 7.84. The Labute approximate surface area is 387 Å². The maximum absolute atomic E-state index is 15.4. The second kappa shape index (κ2) is 19.7. The number of hydrogen-bond acceptors (Lipinski definition) is 2. The Morgan fingerprint density at radius 1 is 0.375 bits per heavy atom. The first kappa shape index (κ1) is 51.9. The van der Waals surface area contributed by atoms with Gasteiger partial charge < -0.3 is 4.74 Å². The van der Waals surface area contributed by atoms with Crippen LogP contribution in [0.1, 0.15) is 10.4 Å². The SMILES string of the molecule is Fc1c(F)c(F)c([B-](c2c(F)c(F)c(F)c(F)c2F)(c2c(F)c(F)c(F)c(F)c2F)c2c(F)c(F)c(F)c(F)c2F)c(F)c1F.O=C(C[n+]1ccc2ccccc2c1Oc1ccccc1F)c1ccccc1. The summed E-state index contributed by atoms with van der Waals surface area (Å²) in [6.07, 6.45) is -5.43. The third-order valence-corrected chi connectivity index (χ3v) is 11.0. The van der Waals surface area contributed by atoms with Crippen molar-refractivity contribution in [2.45, 2.75) is 6.54 Å². The first-order chi connectivity index (χ1) is 33.9. The topological polar surface area (TPSA) is 30.2 Å². The van der Waals surface area contributed by atoms with Crippen molar-refractivity contribution in [3.05, 3.63) is 219 Å². The summed E-state index contributed by atoms with van der Waals surface area (Å²) < 4.78 is 316. The number of ketones is 1. The number of rotatable bonds is 9. The van der Waals surface area contributed by atoms with E-state index < -0.39 is 150 Å². The molecule has 8 aromatic rings. The third kappa shape index (κ3) is 8.28. The smallest absolute Gasteiger partial charge is 0.381 e. The van der Waals surface area contributed by atoms with E-state index in [1.165, 1.54) is 6.07 Å². The average Bonchev–Trinajstić information content (AvgIpc) is 3.37. The zero-order valence-electron chi connectivity index (χ0n) is 34.6. The average molecular weight is 1040 g/mol. The van der Waals surface area contributed by atoms with Crippen molar-refractivity contribution in [2.75, 3.05) is 0 Å². The molecule has 0 aliphatic rings. The molecule has 0 aliphatic carbocycles. The number of nitrogens with zero attached hydrogens (tertiary/aromatic N) is 1. The molecular weight excluding hydrogens is 1020 g/mol. The van der Waals surface area contributed by atoms with E-state index in [2.05, 4.69) is 0 Å². The highest BCUT2D eigenvalue weighted by Gasteiger charge is 2.52. The zero-order chi connectivity index (χ0) is 53.0. The van der Waals surface area contributed by atoms with Gasteiger partial charge in [-0.15, -0.1) is 21.9 Å². The highest BCUT2D eigenvalue weighted by molar-refractivity contribution is 7.20. The number of halogens is 21. The van der Waals surface area contributed by atoms with E-state index in [9.17, 15) is 61.9 Å². The quantitative estimate of drug-likeness (QED) is 0.0360. The van der Waals surface area contributed by atoms with E-state index in [1.807, 2.05) is 48.5 Å². The lowest BCUT2D eigenvalue weighted by molar-refractivity contribution is -0.685. The van der Waals surface area contributed by atoms with Crippen LogP contribution in [0.25, 0.3) is 10.8 Å². The fraction of sp³-hybridized carbons (Fsp3) is 0.0213. The highest BCUT2D eigenvalue weighted by Crippen LogP contribution is 2.32. The molecular formula is C47H17BF21NO2. The van der Waals surface area contributed by atoms with Crippen molar-refractivity contribution < 1.29 is 106 Å². The van der Waals surface area contributed by atoms with E-state index >= 15 is 35.1 Å². The van der Waals surface area contributed by atoms with E-state index in [4.69, 9.17) is 4.74 Å². The molecule has 0 atom stereocenters. The number of hydrogen-bond donors (Lipinski definition) is 0. The summed E-state index contributed by atoms with van der Waals surface area (Å²) in [7, 11) is 0. The summed E-state index contributed by atoms with van der Waals surface area (Å²) in [4.78, 5) is 12.7. The number of ether oxygens (including phenoxy) is 1. The van der Waals surface area contributed by atoms with E-state index in [0.717, 1.165) is 10.8 Å². The van der Waals surface area contributed by atoms with Gasteiger partial charge in [-0.3, -0.25) is 4.79 Å². The minimum Gasteiger partial charge on any atom is -0.402 e. The van der Waals surface area contributed by atoms with Crippen molar-refractivity contribution in [2.24, 2.45) is 0 Å². The minimum atomic E-state index is -7.22. The zero-order valence-corrected chi connectivity index (χ0v) is 34.6. The number of para-hydroxylation sites is 1. The minimum absolute atomic E-state index is 0.0470. The Balaban J connectivity index is 0.000000238. The molecule has 0 bridgehead atoms. The van der Waals surface area contributed by atoms with Crippen LogP contribution in [0.3, 0.4) is 0 Å². The van der Waals surface area contributed by atoms with Crippen LogP contribution in [0.2, 0.25) is 0 Å². The van der Waals surface area contributed by atoms with Gasteiger partial charge in [0.2, 0.25) is 12.3 Å². The molecule has 372 valence electrons. The predicted octanol–water partition coefficient (Wildman–Crippen LogP) is 10.8. The van der Waals surface area contributed by atoms with Gasteiger partial charge >= 0.3 is 5.88 Å². The van der Waals surface area contributed by atoms with Gasteiger partial charge in [-0.1, -0.05) is 60.7 Å². The molecule has 8 rings (SSSR count). The lowest BCUT2D eigenvalue weighted by Gasteiger charge is -2.44. The largest absolute Gasteiger partial charge is 0.402 e. The maximum Gasteiger partial charge on any atom is 0.381 e. The van der Waals surface area contributed by atoms with Gasteiger partial charge in [0, 0.05) is 11.6 Å². The molecule has 0 N–H and O–H groups in total. The van der Waals surface area contributed by atoms with Crippen LogP contribution >= 0.6 is 0 Å². The number of fused-ring (bicyclic) bond motifs is 1. The molecule has 0 fully saturated rings.